The molecule has 4 rings (SSSR count). The van der Waals surface area contributed by atoms with Crippen molar-refractivity contribution in [3.8, 4) is 5.75 Å². The Morgan fingerprint density at radius 2 is 1.72 bits per heavy atom. The van der Waals surface area contributed by atoms with Crippen LogP contribution in [0.5, 0.6) is 5.75 Å². The van der Waals surface area contributed by atoms with E-state index in [0.717, 1.165) is 56.6 Å². The number of amides is 2. The average molecular weight is 396 g/mol. The number of H-pyrrole nitrogens is 1. The lowest BCUT2D eigenvalue weighted by molar-refractivity contribution is 0.0589. The number of carbonyl (C=O) groups is 2. The summed E-state index contributed by atoms with van der Waals surface area (Å²) >= 11 is 0. The van der Waals surface area contributed by atoms with Crippen molar-refractivity contribution in [3.63, 3.8) is 0 Å². The lowest BCUT2D eigenvalue weighted by Gasteiger charge is -2.32. The summed E-state index contributed by atoms with van der Waals surface area (Å²) in [7, 11) is 0. The fourth-order valence-corrected chi connectivity index (χ4v) is 4.12. The minimum absolute atomic E-state index is 0.0568. The highest BCUT2D eigenvalue weighted by atomic mass is 16.5. The van der Waals surface area contributed by atoms with Gasteiger partial charge in [0.05, 0.1) is 0 Å². The van der Waals surface area contributed by atoms with Crippen LogP contribution < -0.4 is 4.74 Å². The molecule has 0 unspecified atom stereocenters. The zero-order chi connectivity index (χ0) is 20.2. The number of aromatic amines is 1. The van der Waals surface area contributed by atoms with Crippen molar-refractivity contribution in [1.29, 1.82) is 0 Å². The number of carbonyl (C=O) groups excluding carboxylic acids is 2. The Morgan fingerprint density at radius 3 is 2.41 bits per heavy atom. The van der Waals surface area contributed by atoms with E-state index in [1.807, 2.05) is 46.2 Å². The molecule has 2 saturated heterocycles. The Balaban J connectivity index is 1.32. The van der Waals surface area contributed by atoms with Gasteiger partial charge in [0.2, 0.25) is 0 Å². The summed E-state index contributed by atoms with van der Waals surface area (Å²) in [5, 5.41) is 0. The third kappa shape index (κ3) is 4.47. The number of hydrogen-bond acceptors (Lipinski definition) is 3. The Kier molecular flexibility index (Phi) is 5.88. The number of rotatable bonds is 5. The highest BCUT2D eigenvalue weighted by Gasteiger charge is 2.26. The van der Waals surface area contributed by atoms with Crippen molar-refractivity contribution in [2.45, 2.75) is 45.1 Å². The van der Waals surface area contributed by atoms with Crippen molar-refractivity contribution < 1.29 is 14.3 Å². The van der Waals surface area contributed by atoms with E-state index < -0.39 is 0 Å². The second kappa shape index (κ2) is 8.72. The van der Waals surface area contributed by atoms with Gasteiger partial charge in [-0.05, 0) is 49.6 Å². The van der Waals surface area contributed by atoms with Gasteiger partial charge in [0, 0.05) is 50.3 Å². The summed E-state index contributed by atoms with van der Waals surface area (Å²) in [6, 6.07) is 11.3. The van der Waals surface area contributed by atoms with E-state index in [1.54, 1.807) is 0 Å². The predicted octanol–water partition coefficient (Wildman–Crippen LogP) is 3.50. The van der Waals surface area contributed by atoms with Crippen LogP contribution in [0.2, 0.25) is 0 Å². The third-order valence-electron chi connectivity index (χ3n) is 5.86. The monoisotopic (exact) mass is 395 g/mol. The van der Waals surface area contributed by atoms with E-state index in [0.29, 0.717) is 24.3 Å². The van der Waals surface area contributed by atoms with Gasteiger partial charge in [-0.3, -0.25) is 9.59 Å². The van der Waals surface area contributed by atoms with Crippen LogP contribution in [0.15, 0.2) is 36.4 Å². The van der Waals surface area contributed by atoms with Gasteiger partial charge in [-0.2, -0.15) is 0 Å². The van der Waals surface area contributed by atoms with Crippen molar-refractivity contribution in [2.75, 3.05) is 26.2 Å². The molecule has 0 bridgehead atoms. The highest BCUT2D eigenvalue weighted by Crippen LogP contribution is 2.22. The van der Waals surface area contributed by atoms with Crippen molar-refractivity contribution in [2.24, 2.45) is 0 Å². The summed E-state index contributed by atoms with van der Waals surface area (Å²) < 4.78 is 6.15. The summed E-state index contributed by atoms with van der Waals surface area (Å²) in [5.41, 5.74) is 2.43. The molecule has 2 fully saturated rings. The standard InChI is InChI=1S/C23H29N3O3/c1-2-18-8-9-21(24-18)23(28)26-14-10-19(11-15-26)29-20-7-5-6-17(16-20)22(27)25-12-3-4-13-25/h5-9,16,19,24H,2-4,10-15H2,1H3. The number of nitrogens with one attached hydrogen (secondary N) is 1. The number of benzene rings is 1. The highest BCUT2D eigenvalue weighted by molar-refractivity contribution is 5.94. The summed E-state index contributed by atoms with van der Waals surface area (Å²) in [6.45, 7) is 5.11. The van der Waals surface area contributed by atoms with Crippen LogP contribution in [-0.4, -0.2) is 58.9 Å². The fraction of sp³-hybridized carbons (Fsp3) is 0.478. The first-order chi connectivity index (χ1) is 14.1. The number of ether oxygens (including phenoxy) is 1. The van der Waals surface area contributed by atoms with Gasteiger partial charge in [-0.25, -0.2) is 0 Å². The molecule has 2 amide bonds. The first-order valence-electron chi connectivity index (χ1n) is 10.7. The van der Waals surface area contributed by atoms with Gasteiger partial charge in [-0.1, -0.05) is 13.0 Å². The van der Waals surface area contributed by atoms with E-state index in [4.69, 9.17) is 4.74 Å². The molecule has 6 heteroatoms. The Morgan fingerprint density at radius 1 is 1.00 bits per heavy atom. The molecule has 0 atom stereocenters. The molecular weight excluding hydrogens is 366 g/mol. The first-order valence-corrected chi connectivity index (χ1v) is 10.7. The molecular formula is C23H29N3O3. The molecule has 154 valence electrons. The lowest BCUT2D eigenvalue weighted by atomic mass is 10.1. The van der Waals surface area contributed by atoms with Crippen LogP contribution in [0.1, 0.15) is 59.1 Å². The first kappa shape index (κ1) is 19.6. The number of aryl methyl sites for hydroxylation is 1. The Labute approximate surface area is 171 Å². The molecule has 1 N–H and O–H groups in total. The van der Waals surface area contributed by atoms with Crippen LogP contribution in [0.3, 0.4) is 0 Å². The maximum absolute atomic E-state index is 12.7. The molecule has 3 heterocycles. The van der Waals surface area contributed by atoms with Gasteiger partial charge in [0.25, 0.3) is 11.8 Å². The van der Waals surface area contributed by atoms with E-state index in [-0.39, 0.29) is 17.9 Å². The Bertz CT molecular complexity index is 862. The van der Waals surface area contributed by atoms with Crippen LogP contribution in [0.25, 0.3) is 0 Å². The summed E-state index contributed by atoms with van der Waals surface area (Å²) in [6.07, 6.45) is 4.70. The topological polar surface area (TPSA) is 65.6 Å². The SMILES string of the molecule is CCc1ccc(C(=O)N2CCC(Oc3cccc(C(=O)N4CCCC4)c3)CC2)[nH]1. The van der Waals surface area contributed by atoms with Crippen molar-refractivity contribution in [1.82, 2.24) is 14.8 Å². The van der Waals surface area contributed by atoms with E-state index in [2.05, 4.69) is 11.9 Å². The van der Waals surface area contributed by atoms with Crippen molar-refractivity contribution >= 4 is 11.8 Å². The largest absolute Gasteiger partial charge is 0.490 e. The number of likely N-dealkylation sites (tertiary alicyclic amines) is 2. The van der Waals surface area contributed by atoms with E-state index >= 15 is 0 Å². The minimum Gasteiger partial charge on any atom is -0.490 e. The molecule has 2 aliphatic rings. The van der Waals surface area contributed by atoms with Gasteiger partial charge >= 0.3 is 0 Å². The molecule has 1 aromatic heterocycles. The maximum atomic E-state index is 12.7. The second-order valence-corrected chi connectivity index (χ2v) is 7.89. The van der Waals surface area contributed by atoms with Crippen LogP contribution in [-0.2, 0) is 6.42 Å². The number of piperidine rings is 1. The molecule has 0 aliphatic carbocycles. The smallest absolute Gasteiger partial charge is 0.270 e. The molecule has 0 radical (unpaired) electrons. The number of hydrogen-bond donors (Lipinski definition) is 1. The number of nitrogens with zero attached hydrogens (tertiary/aromatic N) is 2. The normalized spacial score (nSPS) is 17.6. The molecule has 2 aromatic rings. The second-order valence-electron chi connectivity index (χ2n) is 7.89. The quantitative estimate of drug-likeness (QED) is 0.843. The zero-order valence-electron chi connectivity index (χ0n) is 17.0. The molecule has 1 aromatic carbocycles. The molecule has 0 spiro atoms. The third-order valence-corrected chi connectivity index (χ3v) is 5.86. The predicted molar refractivity (Wildman–Crippen MR) is 111 cm³/mol. The lowest BCUT2D eigenvalue weighted by Crippen LogP contribution is -2.42. The molecule has 0 saturated carbocycles. The maximum Gasteiger partial charge on any atom is 0.270 e. The van der Waals surface area contributed by atoms with Crippen LogP contribution in [0.4, 0.5) is 0 Å². The van der Waals surface area contributed by atoms with Gasteiger partial charge in [0.15, 0.2) is 0 Å². The zero-order valence-corrected chi connectivity index (χ0v) is 17.0. The number of aromatic nitrogens is 1. The van der Waals surface area contributed by atoms with E-state index in [9.17, 15) is 9.59 Å². The minimum atomic E-state index is 0.0568. The summed E-state index contributed by atoms with van der Waals surface area (Å²) in [5.74, 6) is 0.879. The van der Waals surface area contributed by atoms with Crippen molar-refractivity contribution in [3.05, 3.63) is 53.3 Å². The Hall–Kier alpha value is -2.76. The summed E-state index contributed by atoms with van der Waals surface area (Å²) in [4.78, 5) is 32.2. The fourth-order valence-electron chi connectivity index (χ4n) is 4.12. The van der Waals surface area contributed by atoms with Crippen LogP contribution >= 0.6 is 0 Å². The molecule has 2 aliphatic heterocycles. The van der Waals surface area contributed by atoms with Gasteiger partial charge in [0.1, 0.15) is 17.5 Å². The van der Waals surface area contributed by atoms with E-state index in [1.165, 1.54) is 0 Å². The van der Waals surface area contributed by atoms with Crippen LogP contribution in [0, 0.1) is 0 Å². The van der Waals surface area contributed by atoms with Gasteiger partial charge < -0.3 is 19.5 Å². The van der Waals surface area contributed by atoms with Gasteiger partial charge in [-0.15, -0.1) is 0 Å². The average Bonchev–Trinajstić information content (AvgIpc) is 3.45. The molecule has 6 nitrogen and oxygen atoms in total. The molecule has 29 heavy (non-hydrogen) atoms.